The molecule has 0 aliphatic carbocycles. The van der Waals surface area contributed by atoms with Gasteiger partial charge in [0.1, 0.15) is 76.8 Å². The van der Waals surface area contributed by atoms with Crippen molar-refractivity contribution in [3.8, 4) is 0 Å². The Morgan fingerprint density at radius 2 is 1.03 bits per heavy atom. The standard InChI is InChI=1S/C86H122N18O21S/c1-48(2)45-62-74(113)97-58(35-41-90-79(118)122-83(5,6)7)70(109)96-61(38-44-93-82(121)125-86(14,15)16)73(112)101-66(49(3)105)76(115)89-40-34-57(69(108)95-59(36-42-91-80(119)123-84(8,9)10)72(111)100-63(75(114)99-62)46-51-25-19-18-20-26-51)94-71(110)60(37-43-92-81(120)124-85(11,12)13)98-77(116)67(50(4)106)102-78(117)104-64-47-53(126-65-29-22-21-28-55(65)68(107)87-17)31-32-54(64)56(103-104)33-30-52-27-23-24-39-88-52/h18-33,39,47-50,57-63,66-67,105-106H,34-38,40-46H2,1-17H3,(H,87,107)(H,89,115)(H,90,118)(H,91,119)(H,92,120)(H,93,121)(H,94,110)(H,95,108)(H,96,109)(H,97,113)(H,98,116)(H,99,114)(H,100,111)(H,101,112)(H,102,117)/b33-30+/t49-,50-,57+,58+,59+,60+,61+,62+,63-,66+,67+/m1/s1. The summed E-state index contributed by atoms with van der Waals surface area (Å²) in [6.45, 7) is 22.6. The average molecular weight is 1780 g/mol. The molecule has 11 atom stereocenters. The number of aliphatic hydroxyl groups is 2. The SMILES string of the molecule is CNC(=O)c1ccccc1Sc1ccc2c(/C=C/c3ccccn3)nn(C(=O)N[C@H](C(=O)N[C@@H](CCNC(=O)OC(C)(C)C)C(=O)N[C@H]3CCNC(=O)[C@H]([C@@H](C)O)NC(=O)[C@H](CCNC(=O)OC(C)(C)C)NC(=O)[C@H](CCNC(=O)OC(C)(C)C)NC(=O)[C@H](CC(C)C)NC(=O)[C@@H](Cc4ccccc4)NC(=O)[C@H](CCNC(=O)OC(C)(C)C)NC3=O)[C@@H](C)O)c2c1. The van der Waals surface area contributed by atoms with Crippen LogP contribution in [0.15, 0.2) is 107 Å². The Labute approximate surface area is 736 Å². The Morgan fingerprint density at radius 1 is 0.548 bits per heavy atom. The highest BCUT2D eigenvalue weighted by Crippen LogP contribution is 2.34. The van der Waals surface area contributed by atoms with Crippen molar-refractivity contribution < 1.29 is 101 Å². The van der Waals surface area contributed by atoms with E-state index in [1.807, 2.05) is 0 Å². The first kappa shape index (κ1) is 102. The zero-order valence-corrected chi connectivity index (χ0v) is 75.0. The number of alkyl carbamates (subject to hydrolysis) is 4. The molecule has 1 aliphatic rings. The molecule has 688 valence electrons. The summed E-state index contributed by atoms with van der Waals surface area (Å²) in [4.78, 5) is 222. The Hall–Kier alpha value is -12.5. The van der Waals surface area contributed by atoms with E-state index in [2.05, 4.69) is 89.8 Å². The van der Waals surface area contributed by atoms with Crippen LogP contribution in [0.1, 0.15) is 177 Å². The van der Waals surface area contributed by atoms with Gasteiger partial charge >= 0.3 is 30.4 Å². The van der Waals surface area contributed by atoms with Gasteiger partial charge in [0, 0.05) is 67.6 Å². The Kier molecular flexibility index (Phi) is 38.6. The number of aromatic nitrogens is 3. The second kappa shape index (κ2) is 47.6. The maximum atomic E-state index is 15.5. The van der Waals surface area contributed by atoms with Gasteiger partial charge in [-0.3, -0.25) is 52.9 Å². The molecule has 17 N–H and O–H groups in total. The summed E-state index contributed by atoms with van der Waals surface area (Å²) in [6.07, 6.45) is -5.47. The molecule has 1 aliphatic heterocycles. The van der Waals surface area contributed by atoms with Crippen molar-refractivity contribution in [2.75, 3.05) is 39.8 Å². The number of hydrogen-bond acceptors (Lipinski definition) is 24. The fraction of sp³-hybridized carbons (Fsp3) is 0.523. The number of fused-ring (bicyclic) bond motifs is 1. The summed E-state index contributed by atoms with van der Waals surface area (Å²) in [5.41, 5.74) is -2.25. The first-order valence-corrected chi connectivity index (χ1v) is 42.3. The summed E-state index contributed by atoms with van der Waals surface area (Å²) in [7, 11) is 1.49. The molecule has 39 nitrogen and oxygen atoms in total. The lowest BCUT2D eigenvalue weighted by molar-refractivity contribution is -0.136. The van der Waals surface area contributed by atoms with Crippen LogP contribution in [0.4, 0.5) is 24.0 Å². The summed E-state index contributed by atoms with van der Waals surface area (Å²) >= 11 is 1.20. The quantitative estimate of drug-likeness (QED) is 0.0313. The molecule has 1 saturated heterocycles. The number of benzene rings is 3. The van der Waals surface area contributed by atoms with Gasteiger partial charge < -0.3 is 109 Å². The van der Waals surface area contributed by atoms with E-state index < -0.39 is 231 Å². The second-order valence-electron chi connectivity index (χ2n) is 34.3. The lowest BCUT2D eigenvalue weighted by Gasteiger charge is -2.29. The predicted octanol–water partition coefficient (Wildman–Crippen LogP) is 4.15. The van der Waals surface area contributed by atoms with Gasteiger partial charge in [-0.2, -0.15) is 9.78 Å². The van der Waals surface area contributed by atoms with Crippen LogP contribution in [-0.4, -0.2) is 243 Å². The maximum Gasteiger partial charge on any atom is 0.407 e. The smallest absolute Gasteiger partial charge is 0.407 e. The monoisotopic (exact) mass is 1770 g/mol. The van der Waals surface area contributed by atoms with E-state index in [0.29, 0.717) is 32.0 Å². The highest BCUT2D eigenvalue weighted by Gasteiger charge is 2.39. The highest BCUT2D eigenvalue weighted by molar-refractivity contribution is 7.99. The van der Waals surface area contributed by atoms with Crippen molar-refractivity contribution in [2.45, 2.75) is 255 Å². The number of carbonyl (C=O) groups is 15. The lowest BCUT2D eigenvalue weighted by Crippen LogP contribution is -2.61. The number of nitrogens with one attached hydrogen (secondary N) is 15. The van der Waals surface area contributed by atoms with Crippen LogP contribution < -0.4 is 79.8 Å². The third-order valence-corrected chi connectivity index (χ3v) is 19.3. The van der Waals surface area contributed by atoms with Crippen LogP contribution in [-0.2, 0) is 68.5 Å². The van der Waals surface area contributed by atoms with Gasteiger partial charge in [0.15, 0.2) is 0 Å². The van der Waals surface area contributed by atoms with E-state index in [0.717, 1.165) is 18.5 Å². The minimum atomic E-state index is -1.95. The van der Waals surface area contributed by atoms with Gasteiger partial charge in [0.25, 0.3) is 5.91 Å². The molecule has 0 bridgehead atoms. The fourth-order valence-corrected chi connectivity index (χ4v) is 13.3. The van der Waals surface area contributed by atoms with Crippen molar-refractivity contribution >= 4 is 124 Å². The number of pyridine rings is 1. The van der Waals surface area contributed by atoms with E-state index in [4.69, 9.17) is 18.9 Å². The van der Waals surface area contributed by atoms with Crippen LogP contribution in [0.25, 0.3) is 23.1 Å². The fourth-order valence-electron chi connectivity index (χ4n) is 12.3. The largest absolute Gasteiger partial charge is 0.444 e. The Bertz CT molecular complexity index is 4650. The van der Waals surface area contributed by atoms with Gasteiger partial charge in [-0.15, -0.1) is 0 Å². The minimum absolute atomic E-state index is 0.123. The zero-order valence-electron chi connectivity index (χ0n) is 74.2. The summed E-state index contributed by atoms with van der Waals surface area (Å²) < 4.78 is 22.7. The van der Waals surface area contributed by atoms with Crippen LogP contribution in [0.3, 0.4) is 0 Å². The summed E-state index contributed by atoms with van der Waals surface area (Å²) in [5.74, 6) is -10.8. The molecule has 5 aromatic rings. The van der Waals surface area contributed by atoms with Crippen LogP contribution in [0.2, 0.25) is 0 Å². The Morgan fingerprint density at radius 3 is 1.54 bits per heavy atom. The number of rotatable bonds is 28. The molecule has 1 fully saturated rings. The van der Waals surface area contributed by atoms with Gasteiger partial charge in [0.2, 0.25) is 53.2 Å². The molecular formula is C86H122N18O21S. The van der Waals surface area contributed by atoms with Crippen molar-refractivity contribution in [1.82, 2.24) is 94.5 Å². The third-order valence-electron chi connectivity index (χ3n) is 18.2. The third kappa shape index (κ3) is 35.3. The van der Waals surface area contributed by atoms with Gasteiger partial charge in [0.05, 0.1) is 34.7 Å². The van der Waals surface area contributed by atoms with E-state index in [1.54, 1.807) is 206 Å². The second-order valence-corrected chi connectivity index (χ2v) is 35.4. The lowest BCUT2D eigenvalue weighted by atomic mass is 10.00. The molecule has 2 aromatic heterocycles. The number of ether oxygens (including phenoxy) is 4. The summed E-state index contributed by atoms with van der Waals surface area (Å²) in [5, 5.41) is 66.4. The molecule has 3 heterocycles. The van der Waals surface area contributed by atoms with E-state index in [-0.39, 0.29) is 42.4 Å². The van der Waals surface area contributed by atoms with Crippen molar-refractivity contribution in [3.63, 3.8) is 0 Å². The van der Waals surface area contributed by atoms with Crippen molar-refractivity contribution in [2.24, 2.45) is 5.92 Å². The van der Waals surface area contributed by atoms with Crippen molar-refractivity contribution in [3.05, 3.63) is 120 Å². The molecule has 0 radical (unpaired) electrons. The van der Waals surface area contributed by atoms with Gasteiger partial charge in [-0.25, -0.2) is 24.0 Å². The molecule has 6 rings (SSSR count). The van der Waals surface area contributed by atoms with Crippen molar-refractivity contribution in [1.29, 1.82) is 0 Å². The minimum Gasteiger partial charge on any atom is -0.444 e. The number of nitrogens with zero attached hydrogens (tertiary/aromatic N) is 3. The van der Waals surface area contributed by atoms with Gasteiger partial charge in [-0.1, -0.05) is 74.1 Å². The number of hydrogen-bond donors (Lipinski definition) is 17. The number of aliphatic hydroxyl groups excluding tert-OH is 2. The van der Waals surface area contributed by atoms with E-state index >= 15 is 24.0 Å². The van der Waals surface area contributed by atoms with Gasteiger partial charge in [-0.05, 0) is 202 Å². The average Bonchev–Trinajstić information content (AvgIpc) is 1.62. The summed E-state index contributed by atoms with van der Waals surface area (Å²) in [6, 6.07) is 8.23. The van der Waals surface area contributed by atoms with Crippen LogP contribution in [0.5, 0.6) is 0 Å². The molecule has 0 spiro atoms. The highest BCUT2D eigenvalue weighted by atomic mass is 32.2. The molecule has 3 aromatic carbocycles. The topological polar surface area (TPSA) is 545 Å². The molecular weight excluding hydrogens is 1650 g/mol. The molecule has 126 heavy (non-hydrogen) atoms. The van der Waals surface area contributed by atoms with Crippen LogP contribution in [0, 0.1) is 5.92 Å². The van der Waals surface area contributed by atoms with E-state index in [9.17, 15) is 58.2 Å². The zero-order chi connectivity index (χ0) is 93.6. The molecule has 0 saturated carbocycles. The molecule has 40 heteroatoms. The van der Waals surface area contributed by atoms with E-state index in [1.165, 1.54) is 18.8 Å². The number of carbonyl (C=O) groups excluding carboxylic acids is 15. The number of amides is 15. The predicted molar refractivity (Wildman–Crippen MR) is 466 cm³/mol. The Balaban J connectivity index is 1.48. The first-order chi connectivity index (χ1) is 59.0. The molecule has 15 amide bonds. The van der Waals surface area contributed by atoms with Crippen LogP contribution >= 0.6 is 11.8 Å². The molecule has 0 unspecified atom stereocenters. The maximum absolute atomic E-state index is 15.5. The first-order valence-electron chi connectivity index (χ1n) is 41.5. The normalized spacial score (nSPS) is 19.0.